The second kappa shape index (κ2) is 3.35. The maximum absolute atomic E-state index is 2.30. The van der Waals surface area contributed by atoms with E-state index in [-0.39, 0.29) is 0 Å². The first-order valence-corrected chi connectivity index (χ1v) is 5.06. The molecule has 0 saturated carbocycles. The monoisotopic (exact) mass is 126 g/mol. The Morgan fingerprint density at radius 3 is 2.71 bits per heavy atom. The van der Waals surface area contributed by atoms with Crippen molar-refractivity contribution in [3.8, 4) is 0 Å². The zero-order chi connectivity index (χ0) is 5.11. The Balaban J connectivity index is 2.12. The van der Waals surface area contributed by atoms with Crippen molar-refractivity contribution in [2.75, 3.05) is 5.75 Å². The van der Waals surface area contributed by atoms with Gasteiger partial charge < -0.3 is 0 Å². The Kier molecular flexibility index (Phi) is 3.07. The fourth-order valence-electron chi connectivity index (χ4n) is 0.642. The Bertz CT molecular complexity index is 51.7. The molecule has 0 aliphatic carbocycles. The van der Waals surface area contributed by atoms with Crippen LogP contribution >= 0.6 is 21.6 Å². The molecule has 1 aliphatic heterocycles. The molecule has 1 fully saturated rings. The van der Waals surface area contributed by atoms with Crippen LogP contribution in [0.2, 0.25) is 0 Å². The van der Waals surface area contributed by atoms with E-state index in [0.717, 1.165) is 3.92 Å². The fraction of sp³-hybridized carbons (Fsp3) is 1.00. The summed E-state index contributed by atoms with van der Waals surface area (Å²) in [6, 6.07) is 0. The third kappa shape index (κ3) is 2.37. The molecule has 1 aliphatic rings. The van der Waals surface area contributed by atoms with Crippen molar-refractivity contribution in [2.24, 2.45) is 0 Å². The van der Waals surface area contributed by atoms with Gasteiger partial charge in [-0.2, -0.15) is 0 Å². The van der Waals surface area contributed by atoms with E-state index in [2.05, 4.69) is 17.7 Å². The molecule has 0 aromatic heterocycles. The van der Waals surface area contributed by atoms with Crippen molar-refractivity contribution < 1.29 is 0 Å². The summed E-state index contributed by atoms with van der Waals surface area (Å²) < 4.78 is 0.916. The van der Waals surface area contributed by atoms with Gasteiger partial charge in [0.25, 0.3) is 0 Å². The third-order valence-corrected chi connectivity index (χ3v) is 4.12. The van der Waals surface area contributed by atoms with Crippen molar-refractivity contribution in [3.05, 3.63) is 0 Å². The van der Waals surface area contributed by atoms with Crippen molar-refractivity contribution >= 4 is 39.3 Å². The first kappa shape index (κ1) is 6.42. The minimum absolute atomic E-state index is 0.916. The van der Waals surface area contributed by atoms with E-state index in [0.29, 0.717) is 0 Å². The second-order valence-electron chi connectivity index (χ2n) is 1.87. The molecule has 36 valence electrons. The van der Waals surface area contributed by atoms with E-state index in [1.807, 2.05) is 21.6 Å². The molecule has 7 heavy (non-hydrogen) atoms. The molecule has 0 spiro atoms. The molecule has 1 atom stereocenters. The van der Waals surface area contributed by atoms with E-state index in [9.17, 15) is 0 Å². The van der Waals surface area contributed by atoms with Crippen LogP contribution in [-0.2, 0) is 0 Å². The molecular formula is C4H7LiS2. The predicted octanol–water partition coefficient (Wildman–Crippen LogP) is 1.66. The molecule has 0 aromatic carbocycles. The van der Waals surface area contributed by atoms with E-state index in [1.165, 1.54) is 18.6 Å². The number of hydrogen-bond donors (Lipinski definition) is 0. The standard InChI is InChI=1S/C4H7S2.Li/c1-2-4-6-5-3-1;/h3H,1-2,4H2;. The first-order chi connectivity index (χ1) is 3.39. The fourth-order valence-corrected chi connectivity index (χ4v) is 3.15. The zero-order valence-electron chi connectivity index (χ0n) is 4.52. The van der Waals surface area contributed by atoms with Gasteiger partial charge in [-0.3, -0.25) is 0 Å². The summed E-state index contributed by atoms with van der Waals surface area (Å²) in [6.45, 7) is 0. The molecule has 1 heterocycles. The van der Waals surface area contributed by atoms with Crippen molar-refractivity contribution in [3.63, 3.8) is 0 Å². The Labute approximate surface area is 61.8 Å². The molecule has 1 unspecified atom stereocenters. The Morgan fingerprint density at radius 1 is 1.57 bits per heavy atom. The van der Waals surface area contributed by atoms with Crippen LogP contribution in [0.1, 0.15) is 12.8 Å². The zero-order valence-corrected chi connectivity index (χ0v) is 6.15. The molecule has 0 aromatic rings. The van der Waals surface area contributed by atoms with Gasteiger partial charge in [-0.25, -0.2) is 0 Å². The summed E-state index contributed by atoms with van der Waals surface area (Å²) in [6.07, 6.45) is 2.86. The van der Waals surface area contributed by atoms with Gasteiger partial charge in [-0.1, -0.05) is 0 Å². The van der Waals surface area contributed by atoms with Crippen LogP contribution in [0, 0.1) is 0 Å². The molecule has 0 amide bonds. The first-order valence-electron chi connectivity index (χ1n) is 2.68. The van der Waals surface area contributed by atoms with E-state index >= 15 is 0 Å². The SMILES string of the molecule is [Li][CH]1CCCSS1. The minimum atomic E-state index is 0.916. The molecule has 3 heteroatoms. The van der Waals surface area contributed by atoms with Gasteiger partial charge in [-0.05, 0) is 0 Å². The van der Waals surface area contributed by atoms with Crippen LogP contribution in [0.25, 0.3) is 0 Å². The molecular weight excluding hydrogens is 119 g/mol. The second-order valence-corrected chi connectivity index (χ2v) is 4.80. The van der Waals surface area contributed by atoms with Crippen LogP contribution in [0.3, 0.4) is 0 Å². The summed E-state index contributed by atoms with van der Waals surface area (Å²) in [5.74, 6) is 1.37. The quantitative estimate of drug-likeness (QED) is 0.357. The topological polar surface area (TPSA) is 0 Å². The number of rotatable bonds is 0. The van der Waals surface area contributed by atoms with Crippen molar-refractivity contribution in [1.82, 2.24) is 0 Å². The Morgan fingerprint density at radius 2 is 2.43 bits per heavy atom. The van der Waals surface area contributed by atoms with E-state index in [1.54, 1.807) is 0 Å². The van der Waals surface area contributed by atoms with Gasteiger partial charge >= 0.3 is 61.8 Å². The van der Waals surface area contributed by atoms with Gasteiger partial charge in [0.05, 0.1) is 0 Å². The summed E-state index contributed by atoms with van der Waals surface area (Å²) >= 11 is 2.30. The van der Waals surface area contributed by atoms with Crippen LogP contribution < -0.4 is 0 Å². The van der Waals surface area contributed by atoms with Crippen molar-refractivity contribution in [2.45, 2.75) is 16.8 Å². The van der Waals surface area contributed by atoms with Gasteiger partial charge in [0.2, 0.25) is 0 Å². The van der Waals surface area contributed by atoms with Crippen LogP contribution in [-0.4, -0.2) is 27.4 Å². The molecule has 1 rings (SSSR count). The van der Waals surface area contributed by atoms with E-state index < -0.39 is 0 Å². The summed E-state index contributed by atoms with van der Waals surface area (Å²) in [7, 11) is 4.05. The van der Waals surface area contributed by atoms with Gasteiger partial charge in [-0.15, -0.1) is 0 Å². The van der Waals surface area contributed by atoms with Gasteiger partial charge in [0.1, 0.15) is 0 Å². The summed E-state index contributed by atoms with van der Waals surface area (Å²) in [5.41, 5.74) is 0. The number of hydrogen-bond acceptors (Lipinski definition) is 2. The molecule has 1 saturated heterocycles. The molecule has 0 nitrogen and oxygen atoms in total. The summed E-state index contributed by atoms with van der Waals surface area (Å²) in [4.78, 5) is 0. The van der Waals surface area contributed by atoms with Gasteiger partial charge in [0.15, 0.2) is 0 Å². The third-order valence-electron chi connectivity index (χ3n) is 1.07. The summed E-state index contributed by atoms with van der Waals surface area (Å²) in [5, 5.41) is 0. The average Bonchev–Trinajstić information content (AvgIpc) is 1.69. The molecule has 0 bridgehead atoms. The van der Waals surface area contributed by atoms with Gasteiger partial charge in [0, 0.05) is 0 Å². The predicted molar refractivity (Wildman–Crippen MR) is 38.8 cm³/mol. The Hall–Kier alpha value is 1.30. The van der Waals surface area contributed by atoms with Crippen LogP contribution in [0.4, 0.5) is 0 Å². The van der Waals surface area contributed by atoms with Crippen LogP contribution in [0.5, 0.6) is 0 Å². The van der Waals surface area contributed by atoms with E-state index in [4.69, 9.17) is 0 Å². The maximum atomic E-state index is 2.30. The molecule has 0 radical (unpaired) electrons. The normalized spacial score (nSPS) is 33.1. The molecule has 0 N–H and O–H groups in total. The average molecular weight is 126 g/mol. The van der Waals surface area contributed by atoms with Crippen LogP contribution in [0.15, 0.2) is 0 Å². The van der Waals surface area contributed by atoms with Crippen molar-refractivity contribution in [1.29, 1.82) is 0 Å².